The van der Waals surface area contributed by atoms with E-state index >= 15 is 0 Å². The highest BCUT2D eigenvalue weighted by Crippen LogP contribution is 2.24. The van der Waals surface area contributed by atoms with Crippen molar-refractivity contribution < 1.29 is 9.59 Å². The fraction of sp³-hybridized carbons (Fsp3) is 0.300. The Morgan fingerprint density at radius 2 is 1.58 bits per heavy atom. The second-order valence-electron chi connectivity index (χ2n) is 6.58. The topological polar surface area (TPSA) is 78.7 Å². The molecule has 26 heavy (non-hydrogen) atoms. The van der Waals surface area contributed by atoms with Gasteiger partial charge in [-0.1, -0.05) is 30.3 Å². The van der Waals surface area contributed by atoms with E-state index in [4.69, 9.17) is 5.73 Å². The summed E-state index contributed by atoms with van der Waals surface area (Å²) >= 11 is 0. The maximum Gasteiger partial charge on any atom is 0.248 e. The molecule has 1 saturated heterocycles. The van der Waals surface area contributed by atoms with E-state index < -0.39 is 5.91 Å². The zero-order valence-corrected chi connectivity index (χ0v) is 14.9. The molecule has 0 spiro atoms. The number of nitrogens with two attached hydrogens (primary N) is 1. The van der Waals surface area contributed by atoms with Crippen molar-refractivity contribution in [3.63, 3.8) is 0 Å². The Hall–Kier alpha value is -2.70. The Morgan fingerprint density at radius 1 is 0.962 bits per heavy atom. The molecule has 1 atom stereocenters. The quantitative estimate of drug-likeness (QED) is 0.859. The number of carbonyl (C=O) groups is 2. The second kappa shape index (κ2) is 8.12. The minimum absolute atomic E-state index is 0.0763. The molecule has 2 amide bonds. The number of carbonyl (C=O) groups excluding carboxylic acids is 2. The molecular formula is C20H24N4O2. The number of hydrogen-bond acceptors (Lipinski definition) is 4. The van der Waals surface area contributed by atoms with Crippen molar-refractivity contribution in [2.45, 2.75) is 6.04 Å². The molecule has 2 aromatic carbocycles. The number of nitrogens with one attached hydrogen (secondary N) is 1. The van der Waals surface area contributed by atoms with Crippen molar-refractivity contribution in [3.8, 4) is 0 Å². The van der Waals surface area contributed by atoms with Crippen molar-refractivity contribution >= 4 is 17.5 Å². The Kier molecular flexibility index (Phi) is 5.65. The first-order valence-electron chi connectivity index (χ1n) is 8.73. The molecule has 0 radical (unpaired) electrons. The molecule has 6 heteroatoms. The Morgan fingerprint density at radius 3 is 2.15 bits per heavy atom. The van der Waals surface area contributed by atoms with Crippen LogP contribution in [0.5, 0.6) is 0 Å². The maximum atomic E-state index is 13.1. The standard InChI is InChI=1S/C20H24N4O2/c1-23-11-13-24(14-12-23)18(15-5-3-2-4-6-15)20(26)22-17-9-7-16(8-10-17)19(21)25/h2-10,18H,11-14H2,1H3,(H2,21,25)(H,22,26). The molecule has 3 rings (SSSR count). The molecule has 0 aromatic heterocycles. The molecule has 136 valence electrons. The van der Waals surface area contributed by atoms with E-state index in [0.29, 0.717) is 11.3 Å². The highest BCUT2D eigenvalue weighted by Gasteiger charge is 2.29. The Balaban J connectivity index is 1.79. The van der Waals surface area contributed by atoms with Gasteiger partial charge in [-0.3, -0.25) is 14.5 Å². The summed E-state index contributed by atoms with van der Waals surface area (Å²) in [7, 11) is 2.09. The number of likely N-dealkylation sites (N-methyl/N-ethyl adjacent to an activating group) is 1. The van der Waals surface area contributed by atoms with Gasteiger partial charge in [-0.2, -0.15) is 0 Å². The summed E-state index contributed by atoms with van der Waals surface area (Å²) in [5.41, 5.74) is 7.30. The second-order valence-corrected chi connectivity index (χ2v) is 6.58. The largest absolute Gasteiger partial charge is 0.366 e. The zero-order valence-electron chi connectivity index (χ0n) is 14.9. The van der Waals surface area contributed by atoms with Crippen molar-refractivity contribution in [2.75, 3.05) is 38.5 Å². The molecular weight excluding hydrogens is 328 g/mol. The van der Waals surface area contributed by atoms with Crippen LogP contribution in [0, 0.1) is 0 Å². The molecule has 2 aromatic rings. The molecule has 1 heterocycles. The van der Waals surface area contributed by atoms with E-state index in [1.165, 1.54) is 0 Å². The lowest BCUT2D eigenvalue weighted by atomic mass is 10.0. The molecule has 0 aliphatic carbocycles. The molecule has 0 saturated carbocycles. The van der Waals surface area contributed by atoms with Gasteiger partial charge >= 0.3 is 0 Å². The van der Waals surface area contributed by atoms with Gasteiger partial charge in [0.1, 0.15) is 6.04 Å². The summed E-state index contributed by atoms with van der Waals surface area (Å²) < 4.78 is 0. The van der Waals surface area contributed by atoms with Crippen LogP contribution in [0.4, 0.5) is 5.69 Å². The maximum absolute atomic E-state index is 13.1. The highest BCUT2D eigenvalue weighted by molar-refractivity contribution is 5.97. The summed E-state index contributed by atoms with van der Waals surface area (Å²) in [6.45, 7) is 3.54. The fourth-order valence-corrected chi connectivity index (χ4v) is 3.17. The first-order chi connectivity index (χ1) is 12.5. The summed E-state index contributed by atoms with van der Waals surface area (Å²) in [6.07, 6.45) is 0. The number of amides is 2. The van der Waals surface area contributed by atoms with Crippen molar-refractivity contribution in [3.05, 3.63) is 65.7 Å². The number of rotatable bonds is 5. The van der Waals surface area contributed by atoms with Crippen LogP contribution in [0.15, 0.2) is 54.6 Å². The van der Waals surface area contributed by atoms with Crippen LogP contribution in [-0.2, 0) is 4.79 Å². The number of hydrogen-bond donors (Lipinski definition) is 2. The van der Waals surface area contributed by atoms with Crippen molar-refractivity contribution in [1.82, 2.24) is 9.80 Å². The van der Waals surface area contributed by atoms with Gasteiger partial charge in [-0.05, 0) is 36.9 Å². The van der Waals surface area contributed by atoms with Crippen molar-refractivity contribution in [1.29, 1.82) is 0 Å². The van der Waals surface area contributed by atoms with Gasteiger partial charge in [0.05, 0.1) is 0 Å². The summed E-state index contributed by atoms with van der Waals surface area (Å²) in [5.74, 6) is -0.560. The van der Waals surface area contributed by atoms with Gasteiger partial charge in [0, 0.05) is 37.4 Å². The number of anilines is 1. The lowest BCUT2D eigenvalue weighted by Gasteiger charge is -2.37. The lowest BCUT2D eigenvalue weighted by molar-refractivity contribution is -0.122. The number of primary amides is 1. The predicted octanol–water partition coefficient (Wildman–Crippen LogP) is 1.71. The smallest absolute Gasteiger partial charge is 0.248 e. The molecule has 1 aliphatic rings. The van der Waals surface area contributed by atoms with Gasteiger partial charge in [0.2, 0.25) is 11.8 Å². The van der Waals surface area contributed by atoms with Crippen LogP contribution >= 0.6 is 0 Å². The van der Waals surface area contributed by atoms with E-state index in [0.717, 1.165) is 31.7 Å². The highest BCUT2D eigenvalue weighted by atomic mass is 16.2. The van der Waals surface area contributed by atoms with Crippen LogP contribution in [-0.4, -0.2) is 54.8 Å². The Labute approximate surface area is 153 Å². The van der Waals surface area contributed by atoms with Gasteiger partial charge in [0.15, 0.2) is 0 Å². The first kappa shape index (κ1) is 18.1. The monoisotopic (exact) mass is 352 g/mol. The minimum Gasteiger partial charge on any atom is -0.366 e. The van der Waals surface area contributed by atoms with Crippen LogP contribution in [0.25, 0.3) is 0 Å². The number of piperazine rings is 1. The average molecular weight is 352 g/mol. The average Bonchev–Trinajstić information content (AvgIpc) is 2.65. The van der Waals surface area contributed by atoms with Crippen molar-refractivity contribution in [2.24, 2.45) is 5.73 Å². The molecule has 1 unspecified atom stereocenters. The lowest BCUT2D eigenvalue weighted by Crippen LogP contribution is -2.48. The number of benzene rings is 2. The number of nitrogens with zero attached hydrogens (tertiary/aromatic N) is 2. The molecule has 6 nitrogen and oxygen atoms in total. The third-order valence-corrected chi connectivity index (χ3v) is 4.70. The predicted molar refractivity (Wildman–Crippen MR) is 102 cm³/mol. The summed E-state index contributed by atoms with van der Waals surface area (Å²) in [4.78, 5) is 28.7. The first-order valence-corrected chi connectivity index (χ1v) is 8.73. The molecule has 1 fully saturated rings. The SMILES string of the molecule is CN1CCN(C(C(=O)Nc2ccc(C(N)=O)cc2)c2ccccc2)CC1. The van der Waals surface area contributed by atoms with E-state index in [2.05, 4.69) is 22.2 Å². The van der Waals surface area contributed by atoms with Crippen LogP contribution in [0.1, 0.15) is 22.0 Å². The molecule has 1 aliphatic heterocycles. The molecule has 0 bridgehead atoms. The van der Waals surface area contributed by atoms with Gasteiger partial charge in [-0.15, -0.1) is 0 Å². The summed E-state index contributed by atoms with van der Waals surface area (Å²) in [6, 6.07) is 16.1. The van der Waals surface area contributed by atoms with E-state index in [-0.39, 0.29) is 11.9 Å². The molecule has 3 N–H and O–H groups in total. The third kappa shape index (κ3) is 4.28. The third-order valence-electron chi connectivity index (χ3n) is 4.70. The van der Waals surface area contributed by atoms with Crippen LogP contribution < -0.4 is 11.1 Å². The minimum atomic E-state index is -0.484. The Bertz CT molecular complexity index is 753. The van der Waals surface area contributed by atoms with Gasteiger partial charge in [0.25, 0.3) is 0 Å². The van der Waals surface area contributed by atoms with E-state index in [9.17, 15) is 9.59 Å². The van der Waals surface area contributed by atoms with E-state index in [1.54, 1.807) is 24.3 Å². The van der Waals surface area contributed by atoms with E-state index in [1.807, 2.05) is 30.3 Å². The van der Waals surface area contributed by atoms with Crippen LogP contribution in [0.3, 0.4) is 0 Å². The zero-order chi connectivity index (χ0) is 18.5. The summed E-state index contributed by atoms with van der Waals surface area (Å²) in [5, 5.41) is 2.97. The van der Waals surface area contributed by atoms with Gasteiger partial charge in [-0.25, -0.2) is 0 Å². The van der Waals surface area contributed by atoms with Gasteiger partial charge < -0.3 is 16.0 Å². The fourth-order valence-electron chi connectivity index (χ4n) is 3.17. The normalized spacial score (nSPS) is 16.8. The van der Waals surface area contributed by atoms with Crippen LogP contribution in [0.2, 0.25) is 0 Å².